The fraction of sp³-hybridized carbons (Fsp3) is 0.476. The molecule has 9 heteroatoms. The van der Waals surface area contributed by atoms with Gasteiger partial charge in [0.1, 0.15) is 5.82 Å². The van der Waals surface area contributed by atoms with Crippen molar-refractivity contribution in [1.29, 1.82) is 0 Å². The summed E-state index contributed by atoms with van der Waals surface area (Å²) in [6.07, 6.45) is 0. The standard InChI is InChI=1S/C21H28FN5O3/c1-15-18(16(2)27(24-15)12-13-30-3)14-23-21(29)26-10-8-25(9-11-26)20(28)17-6-4-5-7-19(17)22/h4-7H,8-14H2,1-3H3,(H,23,29). The molecule has 0 aliphatic carbocycles. The zero-order valence-electron chi connectivity index (χ0n) is 17.7. The monoisotopic (exact) mass is 417 g/mol. The predicted molar refractivity (Wildman–Crippen MR) is 110 cm³/mol. The number of rotatable bonds is 6. The van der Waals surface area contributed by atoms with E-state index in [1.54, 1.807) is 29.0 Å². The van der Waals surface area contributed by atoms with Crippen molar-refractivity contribution in [1.82, 2.24) is 24.9 Å². The zero-order valence-corrected chi connectivity index (χ0v) is 17.7. The predicted octanol–water partition coefficient (Wildman–Crippen LogP) is 1.95. The van der Waals surface area contributed by atoms with Crippen molar-refractivity contribution in [2.75, 3.05) is 39.9 Å². The summed E-state index contributed by atoms with van der Waals surface area (Å²) in [5.41, 5.74) is 2.94. The van der Waals surface area contributed by atoms with Gasteiger partial charge in [0.05, 0.1) is 24.4 Å². The number of aromatic nitrogens is 2. The molecule has 162 valence electrons. The first-order valence-corrected chi connectivity index (χ1v) is 10.0. The third-order valence-electron chi connectivity index (χ3n) is 5.41. The van der Waals surface area contributed by atoms with Gasteiger partial charge in [0, 0.05) is 51.1 Å². The van der Waals surface area contributed by atoms with E-state index in [1.807, 2.05) is 18.5 Å². The third-order valence-corrected chi connectivity index (χ3v) is 5.41. The number of urea groups is 1. The zero-order chi connectivity index (χ0) is 21.7. The maximum atomic E-state index is 13.9. The molecule has 0 radical (unpaired) electrons. The van der Waals surface area contributed by atoms with E-state index in [9.17, 15) is 14.0 Å². The van der Waals surface area contributed by atoms with Gasteiger partial charge in [-0.1, -0.05) is 12.1 Å². The number of carbonyl (C=O) groups is 2. The normalized spacial score (nSPS) is 14.1. The number of methoxy groups -OCH3 is 1. The molecule has 0 spiro atoms. The summed E-state index contributed by atoms with van der Waals surface area (Å²) in [6, 6.07) is 5.77. The van der Waals surface area contributed by atoms with E-state index >= 15 is 0 Å². The lowest BCUT2D eigenvalue weighted by Crippen LogP contribution is -2.53. The van der Waals surface area contributed by atoms with Crippen molar-refractivity contribution in [3.05, 3.63) is 52.6 Å². The molecule has 30 heavy (non-hydrogen) atoms. The second kappa shape index (κ2) is 9.71. The first-order valence-electron chi connectivity index (χ1n) is 10.0. The molecular weight excluding hydrogens is 389 g/mol. The summed E-state index contributed by atoms with van der Waals surface area (Å²) in [5, 5.41) is 7.44. The van der Waals surface area contributed by atoms with Gasteiger partial charge in [-0.05, 0) is 26.0 Å². The number of nitrogens with one attached hydrogen (secondary N) is 1. The van der Waals surface area contributed by atoms with Crippen molar-refractivity contribution in [2.45, 2.75) is 26.9 Å². The quantitative estimate of drug-likeness (QED) is 0.779. The Hall–Kier alpha value is -2.94. The Kier molecular flexibility index (Phi) is 7.04. The van der Waals surface area contributed by atoms with Gasteiger partial charge >= 0.3 is 6.03 Å². The molecule has 3 rings (SSSR count). The third kappa shape index (κ3) is 4.79. The number of hydrogen-bond donors (Lipinski definition) is 1. The van der Waals surface area contributed by atoms with Gasteiger partial charge in [-0.25, -0.2) is 9.18 Å². The largest absolute Gasteiger partial charge is 0.383 e. The summed E-state index contributed by atoms with van der Waals surface area (Å²) < 4.78 is 20.8. The molecule has 3 amide bonds. The molecule has 2 heterocycles. The highest BCUT2D eigenvalue weighted by atomic mass is 19.1. The summed E-state index contributed by atoms with van der Waals surface area (Å²) in [5.74, 6) is -0.873. The van der Waals surface area contributed by atoms with Crippen LogP contribution in [-0.2, 0) is 17.8 Å². The maximum Gasteiger partial charge on any atom is 0.317 e. The van der Waals surface area contributed by atoms with Gasteiger partial charge in [-0.2, -0.15) is 5.10 Å². The number of ether oxygens (including phenoxy) is 1. The van der Waals surface area contributed by atoms with E-state index in [-0.39, 0.29) is 17.5 Å². The second-order valence-corrected chi connectivity index (χ2v) is 7.28. The smallest absolute Gasteiger partial charge is 0.317 e. The molecule has 8 nitrogen and oxygen atoms in total. The molecule has 0 unspecified atom stereocenters. The Morgan fingerprint density at radius 1 is 1.13 bits per heavy atom. The molecule has 2 aromatic rings. The van der Waals surface area contributed by atoms with E-state index in [0.717, 1.165) is 17.0 Å². The average molecular weight is 417 g/mol. The fourth-order valence-corrected chi connectivity index (χ4v) is 3.58. The molecule has 0 bridgehead atoms. The first-order chi connectivity index (χ1) is 14.4. The molecule has 0 saturated carbocycles. The summed E-state index contributed by atoms with van der Waals surface area (Å²) in [6.45, 7) is 7.06. The highest BCUT2D eigenvalue weighted by Gasteiger charge is 2.26. The molecule has 1 aliphatic rings. The lowest BCUT2D eigenvalue weighted by atomic mass is 10.1. The van der Waals surface area contributed by atoms with Crippen molar-refractivity contribution in [3.8, 4) is 0 Å². The Morgan fingerprint density at radius 2 is 1.80 bits per heavy atom. The van der Waals surface area contributed by atoms with Gasteiger partial charge in [-0.15, -0.1) is 0 Å². The second-order valence-electron chi connectivity index (χ2n) is 7.28. The molecule has 1 fully saturated rings. The van der Waals surface area contributed by atoms with E-state index in [0.29, 0.717) is 45.9 Å². The number of hydrogen-bond acceptors (Lipinski definition) is 4. The average Bonchev–Trinajstić information content (AvgIpc) is 3.03. The summed E-state index contributed by atoms with van der Waals surface area (Å²) in [7, 11) is 1.65. The number of carbonyl (C=O) groups excluding carboxylic acids is 2. The number of aryl methyl sites for hydroxylation is 1. The summed E-state index contributed by atoms with van der Waals surface area (Å²) >= 11 is 0. The van der Waals surface area contributed by atoms with E-state index in [4.69, 9.17) is 4.74 Å². The number of amides is 3. The van der Waals surface area contributed by atoms with Crippen molar-refractivity contribution in [2.24, 2.45) is 0 Å². The Balaban J connectivity index is 1.52. The topological polar surface area (TPSA) is 79.7 Å². The van der Waals surface area contributed by atoms with Crippen molar-refractivity contribution < 1.29 is 18.7 Å². The molecule has 1 saturated heterocycles. The van der Waals surface area contributed by atoms with E-state index < -0.39 is 5.82 Å². The minimum absolute atomic E-state index is 0.0619. The minimum atomic E-state index is -0.528. The number of piperazine rings is 1. The van der Waals surface area contributed by atoms with Crippen LogP contribution in [0.2, 0.25) is 0 Å². The molecule has 1 aromatic heterocycles. The van der Waals surface area contributed by atoms with E-state index in [2.05, 4.69) is 10.4 Å². The highest BCUT2D eigenvalue weighted by molar-refractivity contribution is 5.94. The van der Waals surface area contributed by atoms with Crippen LogP contribution in [0.1, 0.15) is 27.3 Å². The van der Waals surface area contributed by atoms with Crippen LogP contribution in [0.5, 0.6) is 0 Å². The van der Waals surface area contributed by atoms with Gasteiger partial charge in [-0.3, -0.25) is 9.48 Å². The van der Waals surface area contributed by atoms with Crippen molar-refractivity contribution in [3.63, 3.8) is 0 Å². The number of benzene rings is 1. The van der Waals surface area contributed by atoms with Crippen LogP contribution in [0.3, 0.4) is 0 Å². The molecule has 1 N–H and O–H groups in total. The van der Waals surface area contributed by atoms with Gasteiger partial charge in [0.15, 0.2) is 0 Å². The molecule has 1 aliphatic heterocycles. The highest BCUT2D eigenvalue weighted by Crippen LogP contribution is 2.14. The van der Waals surface area contributed by atoms with Crippen LogP contribution in [0.4, 0.5) is 9.18 Å². The first kappa shape index (κ1) is 21.8. The van der Waals surface area contributed by atoms with Crippen LogP contribution >= 0.6 is 0 Å². The lowest BCUT2D eigenvalue weighted by Gasteiger charge is -2.34. The van der Waals surface area contributed by atoms with Gasteiger partial charge < -0.3 is 19.9 Å². The Morgan fingerprint density at radius 3 is 2.47 bits per heavy atom. The lowest BCUT2D eigenvalue weighted by molar-refractivity contribution is 0.0660. The van der Waals surface area contributed by atoms with E-state index in [1.165, 1.54) is 12.1 Å². The van der Waals surface area contributed by atoms with Crippen LogP contribution in [0.25, 0.3) is 0 Å². The molecular formula is C21H28FN5O3. The Labute approximate surface area is 175 Å². The Bertz CT molecular complexity index is 906. The maximum absolute atomic E-state index is 13.9. The van der Waals surface area contributed by atoms with Crippen LogP contribution in [0.15, 0.2) is 24.3 Å². The summed E-state index contributed by atoms with van der Waals surface area (Å²) in [4.78, 5) is 28.3. The van der Waals surface area contributed by atoms with Gasteiger partial charge in [0.25, 0.3) is 5.91 Å². The van der Waals surface area contributed by atoms with Crippen LogP contribution < -0.4 is 5.32 Å². The molecule has 0 atom stereocenters. The van der Waals surface area contributed by atoms with Crippen molar-refractivity contribution >= 4 is 11.9 Å². The fourth-order valence-electron chi connectivity index (χ4n) is 3.58. The van der Waals surface area contributed by atoms with Gasteiger partial charge in [0.2, 0.25) is 0 Å². The van der Waals surface area contributed by atoms with Crippen LogP contribution in [-0.4, -0.2) is 71.4 Å². The molecule has 1 aromatic carbocycles. The SMILES string of the molecule is COCCn1nc(C)c(CNC(=O)N2CCN(C(=O)c3ccccc3F)CC2)c1C. The number of nitrogens with zero attached hydrogens (tertiary/aromatic N) is 4. The minimum Gasteiger partial charge on any atom is -0.383 e. The van der Waals surface area contributed by atoms with Crippen LogP contribution in [0, 0.1) is 19.7 Å². The number of halogens is 1.